The highest BCUT2D eigenvalue weighted by molar-refractivity contribution is 5.91. The highest BCUT2D eigenvalue weighted by Crippen LogP contribution is 2.36. The molecule has 0 atom stereocenters. The quantitative estimate of drug-likeness (QED) is 0.751. The molecule has 0 aliphatic carbocycles. The molecule has 0 unspecified atom stereocenters. The maximum Gasteiger partial charge on any atom is 0.161 e. The Morgan fingerprint density at radius 3 is 1.91 bits per heavy atom. The first-order valence-electron chi connectivity index (χ1n) is 7.88. The van der Waals surface area contributed by atoms with Crippen molar-refractivity contribution < 1.29 is 14.6 Å². The number of phenols is 1. The van der Waals surface area contributed by atoms with Crippen molar-refractivity contribution in [2.24, 2.45) is 0 Å². The Bertz CT molecular complexity index is 685. The third-order valence-electron chi connectivity index (χ3n) is 4.04. The van der Waals surface area contributed by atoms with Crippen molar-refractivity contribution in [1.29, 1.82) is 0 Å². The van der Waals surface area contributed by atoms with E-state index in [9.17, 15) is 5.11 Å². The third-order valence-corrected chi connectivity index (χ3v) is 4.04. The highest BCUT2D eigenvalue weighted by atomic mass is 16.5. The molecule has 23 heavy (non-hydrogen) atoms. The maximum atomic E-state index is 9.80. The molecule has 0 spiro atoms. The van der Waals surface area contributed by atoms with Gasteiger partial charge in [-0.3, -0.25) is 0 Å². The minimum absolute atomic E-state index is 0.161. The molecule has 0 amide bonds. The fourth-order valence-corrected chi connectivity index (χ4v) is 2.84. The van der Waals surface area contributed by atoms with E-state index in [-0.39, 0.29) is 5.75 Å². The molecule has 0 saturated carbocycles. The zero-order chi connectivity index (χ0) is 16.8. The lowest BCUT2D eigenvalue weighted by molar-refractivity contribution is 0.373. The van der Waals surface area contributed by atoms with Crippen LogP contribution in [-0.2, 0) is 0 Å². The van der Waals surface area contributed by atoms with Crippen LogP contribution in [0.5, 0.6) is 17.2 Å². The summed E-state index contributed by atoms with van der Waals surface area (Å²) in [6, 6.07) is 13.7. The van der Waals surface area contributed by atoms with Crippen molar-refractivity contribution in [3.8, 4) is 17.2 Å². The van der Waals surface area contributed by atoms with Crippen molar-refractivity contribution in [1.82, 2.24) is 0 Å². The normalized spacial score (nSPS) is 11.8. The lowest BCUT2D eigenvalue weighted by atomic mass is 9.91. The summed E-state index contributed by atoms with van der Waals surface area (Å²) in [7, 11) is 3.24. The largest absolute Gasteiger partial charge is 0.504 e. The third kappa shape index (κ3) is 3.67. The van der Waals surface area contributed by atoms with Gasteiger partial charge in [-0.1, -0.05) is 32.0 Å². The van der Waals surface area contributed by atoms with Gasteiger partial charge in [-0.2, -0.15) is 0 Å². The molecule has 0 radical (unpaired) electrons. The predicted octanol–water partition coefficient (Wildman–Crippen LogP) is 5.14. The molecule has 122 valence electrons. The number of ether oxygens (including phenoxy) is 2. The molecule has 1 N–H and O–H groups in total. The van der Waals surface area contributed by atoms with Crippen molar-refractivity contribution in [3.63, 3.8) is 0 Å². The van der Waals surface area contributed by atoms with Gasteiger partial charge < -0.3 is 14.6 Å². The molecule has 0 aliphatic heterocycles. The van der Waals surface area contributed by atoms with Crippen molar-refractivity contribution in [3.05, 3.63) is 53.6 Å². The van der Waals surface area contributed by atoms with Crippen molar-refractivity contribution in [2.75, 3.05) is 14.2 Å². The van der Waals surface area contributed by atoms with Gasteiger partial charge in [0.05, 0.1) is 14.2 Å². The Balaban J connectivity index is 2.54. The van der Waals surface area contributed by atoms with Gasteiger partial charge >= 0.3 is 0 Å². The van der Waals surface area contributed by atoms with Crippen molar-refractivity contribution in [2.45, 2.75) is 26.7 Å². The van der Waals surface area contributed by atoms with Gasteiger partial charge in [0.15, 0.2) is 11.5 Å². The van der Waals surface area contributed by atoms with Crippen LogP contribution in [0.1, 0.15) is 37.8 Å². The van der Waals surface area contributed by atoms with Crippen LogP contribution in [0, 0.1) is 0 Å². The zero-order valence-electron chi connectivity index (χ0n) is 14.2. The molecule has 0 saturated heterocycles. The SMILES string of the molecule is CCC(=C(CC)c1ccc(O)c(OC)c1)c1ccc(OC)cc1. The smallest absolute Gasteiger partial charge is 0.161 e. The fraction of sp³-hybridized carbons (Fsp3) is 0.300. The van der Waals surface area contributed by atoms with E-state index in [1.165, 1.54) is 16.7 Å². The highest BCUT2D eigenvalue weighted by Gasteiger charge is 2.11. The average molecular weight is 312 g/mol. The van der Waals surface area contributed by atoms with E-state index in [0.29, 0.717) is 5.75 Å². The van der Waals surface area contributed by atoms with Crippen molar-refractivity contribution >= 4 is 11.1 Å². The number of allylic oxidation sites excluding steroid dienone is 2. The second kappa shape index (κ2) is 7.73. The Morgan fingerprint density at radius 2 is 1.39 bits per heavy atom. The van der Waals surface area contributed by atoms with Gasteiger partial charge in [0.25, 0.3) is 0 Å². The summed E-state index contributed by atoms with van der Waals surface area (Å²) >= 11 is 0. The molecular weight excluding hydrogens is 288 g/mol. The van der Waals surface area contributed by atoms with Gasteiger partial charge in [0, 0.05) is 0 Å². The number of hydrogen-bond acceptors (Lipinski definition) is 3. The minimum Gasteiger partial charge on any atom is -0.504 e. The monoisotopic (exact) mass is 312 g/mol. The standard InChI is InChI=1S/C20H24O3/c1-5-17(14-7-10-16(22-3)11-8-14)18(6-2)15-9-12-19(21)20(13-15)23-4/h7-13,21H,5-6H2,1-4H3. The van der Waals surface area contributed by atoms with Gasteiger partial charge in [-0.05, 0) is 59.4 Å². The molecular formula is C20H24O3. The summed E-state index contributed by atoms with van der Waals surface area (Å²) in [4.78, 5) is 0. The maximum absolute atomic E-state index is 9.80. The predicted molar refractivity (Wildman–Crippen MR) is 95.0 cm³/mol. The van der Waals surface area contributed by atoms with E-state index in [1.54, 1.807) is 20.3 Å². The van der Waals surface area contributed by atoms with Gasteiger partial charge in [0.2, 0.25) is 0 Å². The lowest BCUT2D eigenvalue weighted by Crippen LogP contribution is -1.93. The fourth-order valence-electron chi connectivity index (χ4n) is 2.84. The Hall–Kier alpha value is -2.42. The molecule has 0 aromatic heterocycles. The van der Waals surface area contributed by atoms with Gasteiger partial charge in [-0.15, -0.1) is 0 Å². The molecule has 3 heteroatoms. The van der Waals surface area contributed by atoms with Crippen LogP contribution in [-0.4, -0.2) is 19.3 Å². The molecule has 0 bridgehead atoms. The van der Waals surface area contributed by atoms with Gasteiger partial charge in [0.1, 0.15) is 5.75 Å². The summed E-state index contributed by atoms with van der Waals surface area (Å²) < 4.78 is 10.5. The zero-order valence-corrected chi connectivity index (χ0v) is 14.2. The van der Waals surface area contributed by atoms with Crippen LogP contribution in [0.2, 0.25) is 0 Å². The first-order valence-corrected chi connectivity index (χ1v) is 7.88. The molecule has 0 fully saturated rings. The molecule has 2 aromatic rings. The Kier molecular flexibility index (Phi) is 5.69. The van der Waals surface area contributed by atoms with E-state index in [0.717, 1.165) is 24.2 Å². The first kappa shape index (κ1) is 16.9. The lowest BCUT2D eigenvalue weighted by Gasteiger charge is -2.15. The average Bonchev–Trinajstić information content (AvgIpc) is 2.60. The minimum atomic E-state index is 0.161. The molecule has 0 aliphatic rings. The Morgan fingerprint density at radius 1 is 0.826 bits per heavy atom. The molecule has 0 heterocycles. The summed E-state index contributed by atoms with van der Waals surface area (Å²) in [5, 5.41) is 9.80. The molecule has 3 nitrogen and oxygen atoms in total. The van der Waals surface area contributed by atoms with E-state index < -0.39 is 0 Å². The van der Waals surface area contributed by atoms with E-state index >= 15 is 0 Å². The number of hydrogen-bond donors (Lipinski definition) is 1. The van der Waals surface area contributed by atoms with Crippen LogP contribution in [0.25, 0.3) is 11.1 Å². The first-order chi connectivity index (χ1) is 11.1. The van der Waals surface area contributed by atoms with Crippen LogP contribution in [0.15, 0.2) is 42.5 Å². The van der Waals surface area contributed by atoms with Crippen LogP contribution in [0.3, 0.4) is 0 Å². The molecule has 2 aromatic carbocycles. The second-order valence-corrected chi connectivity index (χ2v) is 5.28. The number of rotatable bonds is 6. The van der Waals surface area contributed by atoms with E-state index in [1.807, 2.05) is 24.3 Å². The number of methoxy groups -OCH3 is 2. The van der Waals surface area contributed by atoms with Gasteiger partial charge in [-0.25, -0.2) is 0 Å². The summed E-state index contributed by atoms with van der Waals surface area (Å²) in [6.45, 7) is 4.31. The topological polar surface area (TPSA) is 38.7 Å². The van der Waals surface area contributed by atoms with E-state index in [2.05, 4.69) is 26.0 Å². The molecule has 2 rings (SSSR count). The van der Waals surface area contributed by atoms with Crippen LogP contribution < -0.4 is 9.47 Å². The number of benzene rings is 2. The van der Waals surface area contributed by atoms with Crippen LogP contribution >= 0.6 is 0 Å². The number of phenolic OH excluding ortho intramolecular Hbond substituents is 1. The number of aromatic hydroxyl groups is 1. The summed E-state index contributed by atoms with van der Waals surface area (Å²) in [5.41, 5.74) is 4.82. The summed E-state index contributed by atoms with van der Waals surface area (Å²) in [5.74, 6) is 1.52. The Labute approximate surface area is 138 Å². The summed E-state index contributed by atoms with van der Waals surface area (Å²) in [6.07, 6.45) is 1.84. The second-order valence-electron chi connectivity index (χ2n) is 5.28. The van der Waals surface area contributed by atoms with E-state index in [4.69, 9.17) is 9.47 Å². The van der Waals surface area contributed by atoms with Crippen LogP contribution in [0.4, 0.5) is 0 Å².